The third kappa shape index (κ3) is 4.70. The Morgan fingerprint density at radius 2 is 1.78 bits per heavy atom. The molecule has 0 aliphatic carbocycles. The van der Waals surface area contributed by atoms with Gasteiger partial charge in [0.15, 0.2) is 0 Å². The standard InChI is InChI=1S/C22H20F3NO6/c1-4-30-21(29)12-5-7-13(8-6-12)31-19-17(28)14-9-10-16(27)15(11-26(2)3)18(14)32-20(19)22(23,24)25/h5-10,27H,4,11H2,1-3H3. The lowest BCUT2D eigenvalue weighted by atomic mass is 10.1. The highest BCUT2D eigenvalue weighted by molar-refractivity contribution is 5.89. The Labute approximate surface area is 180 Å². The van der Waals surface area contributed by atoms with E-state index in [4.69, 9.17) is 13.9 Å². The quantitative estimate of drug-likeness (QED) is 0.579. The number of hydrogen-bond donors (Lipinski definition) is 1. The van der Waals surface area contributed by atoms with Crippen LogP contribution in [0, 0.1) is 0 Å². The maximum absolute atomic E-state index is 13.8. The van der Waals surface area contributed by atoms with Gasteiger partial charge in [-0.3, -0.25) is 4.79 Å². The fourth-order valence-electron chi connectivity index (χ4n) is 3.07. The van der Waals surface area contributed by atoms with E-state index in [0.717, 1.165) is 17.0 Å². The van der Waals surface area contributed by atoms with Crippen molar-refractivity contribution in [3.05, 3.63) is 63.5 Å². The SMILES string of the molecule is CCOC(=O)c1ccc(Oc2c(C(F)(F)F)oc3c(C[NH+](C)C)c([O-])ccc3c2=O)cc1. The van der Waals surface area contributed by atoms with Crippen LogP contribution in [0.2, 0.25) is 0 Å². The van der Waals surface area contributed by atoms with E-state index >= 15 is 0 Å². The molecule has 7 nitrogen and oxygen atoms in total. The number of fused-ring (bicyclic) bond motifs is 1. The minimum Gasteiger partial charge on any atom is -0.872 e. The molecule has 0 unspecified atom stereocenters. The topological polar surface area (TPSA) is 93.2 Å². The predicted octanol–water partition coefficient (Wildman–Crippen LogP) is 2.50. The summed E-state index contributed by atoms with van der Waals surface area (Å²) in [6, 6.07) is 7.29. The second-order valence-corrected chi connectivity index (χ2v) is 7.24. The number of benzene rings is 2. The van der Waals surface area contributed by atoms with Gasteiger partial charge in [-0.05, 0) is 37.3 Å². The van der Waals surface area contributed by atoms with E-state index in [1.807, 2.05) is 0 Å². The Morgan fingerprint density at radius 1 is 1.12 bits per heavy atom. The van der Waals surface area contributed by atoms with E-state index in [1.165, 1.54) is 24.3 Å². The number of quaternary nitrogens is 1. The van der Waals surface area contributed by atoms with Crippen molar-refractivity contribution in [3.63, 3.8) is 0 Å². The van der Waals surface area contributed by atoms with Crippen LogP contribution in [0.4, 0.5) is 13.2 Å². The number of rotatable bonds is 6. The molecule has 1 N–H and O–H groups in total. The molecule has 1 aromatic heterocycles. The summed E-state index contributed by atoms with van der Waals surface area (Å²) in [7, 11) is 3.41. The van der Waals surface area contributed by atoms with Crippen LogP contribution in [-0.2, 0) is 17.5 Å². The van der Waals surface area contributed by atoms with Gasteiger partial charge in [0.05, 0.1) is 31.7 Å². The van der Waals surface area contributed by atoms with E-state index in [9.17, 15) is 27.9 Å². The summed E-state index contributed by atoms with van der Waals surface area (Å²) in [5, 5.41) is 12.0. The van der Waals surface area contributed by atoms with Gasteiger partial charge in [-0.15, -0.1) is 0 Å². The molecular formula is C22H20F3NO6. The fourth-order valence-corrected chi connectivity index (χ4v) is 3.07. The number of nitrogens with one attached hydrogen (secondary N) is 1. The van der Waals surface area contributed by atoms with Crippen molar-refractivity contribution in [1.82, 2.24) is 0 Å². The average Bonchev–Trinajstić information content (AvgIpc) is 2.71. The molecule has 0 atom stereocenters. The highest BCUT2D eigenvalue weighted by Gasteiger charge is 2.41. The van der Waals surface area contributed by atoms with E-state index in [1.54, 1.807) is 21.0 Å². The van der Waals surface area contributed by atoms with Crippen molar-refractivity contribution < 1.29 is 41.9 Å². The lowest BCUT2D eigenvalue weighted by Crippen LogP contribution is -3.04. The molecule has 32 heavy (non-hydrogen) atoms. The normalized spacial score (nSPS) is 11.7. The summed E-state index contributed by atoms with van der Waals surface area (Å²) >= 11 is 0. The molecule has 0 spiro atoms. The van der Waals surface area contributed by atoms with Gasteiger partial charge in [0, 0.05) is 5.56 Å². The second kappa shape index (κ2) is 8.91. The van der Waals surface area contributed by atoms with Crippen LogP contribution < -0.4 is 20.2 Å². The molecule has 3 rings (SSSR count). The van der Waals surface area contributed by atoms with Gasteiger partial charge in [0.25, 0.3) is 5.76 Å². The van der Waals surface area contributed by atoms with Crippen molar-refractivity contribution >= 4 is 16.9 Å². The Morgan fingerprint density at radius 3 is 2.34 bits per heavy atom. The zero-order chi connectivity index (χ0) is 23.6. The molecule has 0 amide bonds. The van der Waals surface area contributed by atoms with Crippen LogP contribution in [0.1, 0.15) is 28.6 Å². The van der Waals surface area contributed by atoms with Crippen molar-refractivity contribution in [3.8, 4) is 17.2 Å². The molecule has 0 bridgehead atoms. The zero-order valence-corrected chi connectivity index (χ0v) is 17.5. The number of ether oxygens (including phenoxy) is 2. The number of alkyl halides is 3. The molecule has 0 saturated carbocycles. The first-order valence-electron chi connectivity index (χ1n) is 9.63. The molecule has 10 heteroatoms. The predicted molar refractivity (Wildman–Crippen MR) is 106 cm³/mol. The van der Waals surface area contributed by atoms with Gasteiger partial charge in [0.1, 0.15) is 17.9 Å². The smallest absolute Gasteiger partial charge is 0.453 e. The number of carbonyl (C=O) groups excluding carboxylic acids is 1. The van der Waals surface area contributed by atoms with Crippen molar-refractivity contribution in [2.75, 3.05) is 20.7 Å². The van der Waals surface area contributed by atoms with Crippen LogP contribution in [0.5, 0.6) is 17.2 Å². The van der Waals surface area contributed by atoms with Crippen LogP contribution in [0.3, 0.4) is 0 Å². The van der Waals surface area contributed by atoms with Gasteiger partial charge in [-0.1, -0.05) is 11.8 Å². The monoisotopic (exact) mass is 451 g/mol. The third-order valence-electron chi connectivity index (χ3n) is 4.45. The minimum absolute atomic E-state index is 0.0320. The Bertz CT molecular complexity index is 1200. The summed E-state index contributed by atoms with van der Waals surface area (Å²) in [4.78, 5) is 25.4. The number of esters is 1. The summed E-state index contributed by atoms with van der Waals surface area (Å²) in [6.45, 7) is 1.85. The van der Waals surface area contributed by atoms with Crippen LogP contribution in [0.15, 0.2) is 45.6 Å². The van der Waals surface area contributed by atoms with Gasteiger partial charge >= 0.3 is 12.1 Å². The summed E-state index contributed by atoms with van der Waals surface area (Å²) in [5.74, 6) is -3.96. The van der Waals surface area contributed by atoms with Crippen molar-refractivity contribution in [1.29, 1.82) is 0 Å². The maximum atomic E-state index is 13.8. The molecule has 1 heterocycles. The van der Waals surface area contributed by atoms with Crippen LogP contribution in [0.25, 0.3) is 11.0 Å². The second-order valence-electron chi connectivity index (χ2n) is 7.24. The Balaban J connectivity index is 2.14. The van der Waals surface area contributed by atoms with Gasteiger partial charge < -0.3 is 23.9 Å². The molecule has 0 fully saturated rings. The first-order valence-corrected chi connectivity index (χ1v) is 9.63. The number of carbonyl (C=O) groups is 1. The van der Waals surface area contributed by atoms with Gasteiger partial charge in [-0.2, -0.15) is 13.2 Å². The Kier molecular flexibility index (Phi) is 6.45. The first-order chi connectivity index (χ1) is 15.0. The lowest BCUT2D eigenvalue weighted by Gasteiger charge is -2.19. The Hall–Kier alpha value is -3.53. The third-order valence-corrected chi connectivity index (χ3v) is 4.45. The van der Waals surface area contributed by atoms with E-state index < -0.39 is 40.4 Å². The fraction of sp³-hybridized carbons (Fsp3) is 0.273. The molecule has 3 aromatic rings. The van der Waals surface area contributed by atoms with E-state index in [-0.39, 0.29) is 35.4 Å². The van der Waals surface area contributed by atoms with E-state index in [2.05, 4.69) is 0 Å². The summed E-state index contributed by atoms with van der Waals surface area (Å²) in [5.41, 5.74) is -1.35. The molecule has 2 aromatic carbocycles. The maximum Gasteiger partial charge on any atom is 0.453 e. The molecule has 0 aliphatic rings. The molecule has 0 radical (unpaired) electrons. The number of hydrogen-bond acceptors (Lipinski definition) is 6. The van der Waals surface area contributed by atoms with Crippen LogP contribution in [-0.4, -0.2) is 26.7 Å². The van der Waals surface area contributed by atoms with Gasteiger partial charge in [0.2, 0.25) is 11.2 Å². The lowest BCUT2D eigenvalue weighted by molar-refractivity contribution is -0.872. The highest BCUT2D eigenvalue weighted by atomic mass is 19.4. The highest BCUT2D eigenvalue weighted by Crippen LogP contribution is 2.39. The van der Waals surface area contributed by atoms with Crippen LogP contribution >= 0.6 is 0 Å². The minimum atomic E-state index is -5.06. The zero-order valence-electron chi connectivity index (χ0n) is 17.5. The summed E-state index contributed by atoms with van der Waals surface area (Å²) < 4.78 is 56.4. The van der Waals surface area contributed by atoms with Crippen molar-refractivity contribution in [2.24, 2.45) is 0 Å². The van der Waals surface area contributed by atoms with Crippen molar-refractivity contribution in [2.45, 2.75) is 19.6 Å². The molecule has 0 saturated heterocycles. The summed E-state index contributed by atoms with van der Waals surface area (Å²) in [6.07, 6.45) is -5.06. The molecule has 170 valence electrons. The van der Waals surface area contributed by atoms with Gasteiger partial charge in [-0.25, -0.2) is 4.79 Å². The first kappa shape index (κ1) is 23.1. The van der Waals surface area contributed by atoms with E-state index in [0.29, 0.717) is 0 Å². The average molecular weight is 451 g/mol. The molecule has 0 aliphatic heterocycles. The number of halogens is 3. The molecular weight excluding hydrogens is 431 g/mol. The largest absolute Gasteiger partial charge is 0.872 e.